The van der Waals surface area contributed by atoms with Gasteiger partial charge in [-0.25, -0.2) is 0 Å². The van der Waals surface area contributed by atoms with Crippen molar-refractivity contribution in [3.05, 3.63) is 0 Å². The van der Waals surface area contributed by atoms with Crippen molar-refractivity contribution in [1.82, 2.24) is 10.2 Å². The minimum Gasteiger partial charge on any atom is -0.378 e. The Morgan fingerprint density at radius 1 is 1.37 bits per heavy atom. The third-order valence-corrected chi connectivity index (χ3v) is 5.31. The molecule has 0 amide bonds. The summed E-state index contributed by atoms with van der Waals surface area (Å²) < 4.78 is 5.85. The maximum absolute atomic E-state index is 5.85. The van der Waals surface area contributed by atoms with E-state index in [1.54, 1.807) is 0 Å². The lowest BCUT2D eigenvalue weighted by atomic mass is 9.61. The number of hydrogen-bond acceptors (Lipinski definition) is 3. The van der Waals surface area contributed by atoms with Gasteiger partial charge < -0.3 is 15.0 Å². The van der Waals surface area contributed by atoms with Gasteiger partial charge in [-0.15, -0.1) is 0 Å². The number of likely N-dealkylation sites (N-methyl/N-ethyl adjacent to an activating group) is 1. The van der Waals surface area contributed by atoms with Crippen molar-refractivity contribution in [2.75, 3.05) is 26.7 Å². The Morgan fingerprint density at radius 3 is 2.58 bits per heavy atom. The fourth-order valence-corrected chi connectivity index (χ4v) is 3.01. The van der Waals surface area contributed by atoms with Crippen LogP contribution in [0, 0.1) is 5.41 Å². The highest BCUT2D eigenvalue weighted by atomic mass is 16.5. The van der Waals surface area contributed by atoms with Gasteiger partial charge in [0.25, 0.3) is 0 Å². The minimum atomic E-state index is 0.324. The zero-order chi connectivity index (χ0) is 14.5. The summed E-state index contributed by atoms with van der Waals surface area (Å²) in [6.45, 7) is 14.3. The molecule has 1 aliphatic carbocycles. The van der Waals surface area contributed by atoms with Crippen molar-refractivity contribution in [3.8, 4) is 0 Å². The standard InChI is InChI=1S/C16H34N2O/c1-7-13(4)18(6)11-10-17-14-12-15(19-9-3)16(14,5)8-2/h13-15,17H,7-12H2,1-6H3. The van der Waals surface area contributed by atoms with Crippen LogP contribution in [0.5, 0.6) is 0 Å². The number of nitrogens with one attached hydrogen (secondary N) is 1. The van der Waals surface area contributed by atoms with Gasteiger partial charge >= 0.3 is 0 Å². The van der Waals surface area contributed by atoms with E-state index in [4.69, 9.17) is 4.74 Å². The van der Waals surface area contributed by atoms with E-state index in [1.165, 1.54) is 19.3 Å². The summed E-state index contributed by atoms with van der Waals surface area (Å²) in [7, 11) is 2.22. The fourth-order valence-electron chi connectivity index (χ4n) is 3.01. The first-order valence-electron chi connectivity index (χ1n) is 8.04. The van der Waals surface area contributed by atoms with Crippen molar-refractivity contribution in [2.24, 2.45) is 5.41 Å². The second kappa shape index (κ2) is 7.61. The van der Waals surface area contributed by atoms with Gasteiger partial charge in [0.1, 0.15) is 0 Å². The minimum absolute atomic E-state index is 0.324. The Labute approximate surface area is 120 Å². The van der Waals surface area contributed by atoms with Gasteiger partial charge in [0, 0.05) is 37.2 Å². The van der Waals surface area contributed by atoms with Crippen molar-refractivity contribution >= 4 is 0 Å². The molecule has 0 radical (unpaired) electrons. The third kappa shape index (κ3) is 3.93. The van der Waals surface area contributed by atoms with Crippen molar-refractivity contribution in [2.45, 2.75) is 72.1 Å². The molecule has 114 valence electrons. The van der Waals surface area contributed by atoms with Gasteiger partial charge in [-0.05, 0) is 40.2 Å². The van der Waals surface area contributed by atoms with Crippen LogP contribution in [0.25, 0.3) is 0 Å². The molecule has 3 heteroatoms. The van der Waals surface area contributed by atoms with Crippen LogP contribution in [0.4, 0.5) is 0 Å². The van der Waals surface area contributed by atoms with Gasteiger partial charge in [0.2, 0.25) is 0 Å². The van der Waals surface area contributed by atoms with E-state index >= 15 is 0 Å². The van der Waals surface area contributed by atoms with Crippen molar-refractivity contribution in [3.63, 3.8) is 0 Å². The second-order valence-corrected chi connectivity index (χ2v) is 6.28. The molecule has 0 aliphatic heterocycles. The molecular weight excluding hydrogens is 236 g/mol. The van der Waals surface area contributed by atoms with Crippen LogP contribution in [0.3, 0.4) is 0 Å². The van der Waals surface area contributed by atoms with E-state index in [-0.39, 0.29) is 0 Å². The van der Waals surface area contributed by atoms with Gasteiger partial charge in [-0.2, -0.15) is 0 Å². The molecule has 1 saturated carbocycles. The first kappa shape index (κ1) is 16.9. The summed E-state index contributed by atoms with van der Waals surface area (Å²) in [6.07, 6.45) is 4.04. The molecule has 1 fully saturated rings. The Morgan fingerprint density at radius 2 is 2.05 bits per heavy atom. The third-order valence-electron chi connectivity index (χ3n) is 5.31. The lowest BCUT2D eigenvalue weighted by Gasteiger charge is -2.54. The molecule has 1 N–H and O–H groups in total. The molecule has 4 unspecified atom stereocenters. The summed E-state index contributed by atoms with van der Waals surface area (Å²) in [5.74, 6) is 0. The Balaban J connectivity index is 2.31. The molecule has 0 saturated heterocycles. The number of ether oxygens (including phenoxy) is 1. The molecule has 0 aromatic rings. The monoisotopic (exact) mass is 270 g/mol. The summed E-state index contributed by atoms with van der Waals surface area (Å²) in [4.78, 5) is 2.44. The van der Waals surface area contributed by atoms with E-state index < -0.39 is 0 Å². The molecule has 3 nitrogen and oxygen atoms in total. The smallest absolute Gasteiger partial charge is 0.0658 e. The van der Waals surface area contributed by atoms with Gasteiger partial charge in [-0.1, -0.05) is 20.8 Å². The highest BCUT2D eigenvalue weighted by molar-refractivity contribution is 5.04. The summed E-state index contributed by atoms with van der Waals surface area (Å²) in [5, 5.41) is 3.74. The van der Waals surface area contributed by atoms with E-state index in [0.29, 0.717) is 23.6 Å². The fraction of sp³-hybridized carbons (Fsp3) is 1.00. The quantitative estimate of drug-likeness (QED) is 0.697. The first-order chi connectivity index (χ1) is 8.99. The molecule has 0 heterocycles. The maximum Gasteiger partial charge on any atom is 0.0658 e. The highest BCUT2D eigenvalue weighted by Crippen LogP contribution is 2.45. The average molecular weight is 270 g/mol. The number of rotatable bonds is 9. The lowest BCUT2D eigenvalue weighted by molar-refractivity contribution is -0.125. The predicted octanol–water partition coefficient (Wildman–Crippen LogP) is 2.90. The highest BCUT2D eigenvalue weighted by Gasteiger charge is 2.50. The molecule has 19 heavy (non-hydrogen) atoms. The van der Waals surface area contributed by atoms with Crippen LogP contribution in [-0.2, 0) is 4.74 Å². The summed E-state index contributed by atoms with van der Waals surface area (Å²) in [6, 6.07) is 1.30. The molecule has 4 atom stereocenters. The molecular formula is C16H34N2O. The zero-order valence-electron chi connectivity index (χ0n) is 13.8. The van der Waals surface area contributed by atoms with Crippen LogP contribution in [0.1, 0.15) is 53.9 Å². The van der Waals surface area contributed by atoms with Gasteiger partial charge in [0.05, 0.1) is 6.10 Å². The Kier molecular flexibility index (Phi) is 6.78. The van der Waals surface area contributed by atoms with Crippen LogP contribution in [-0.4, -0.2) is 49.8 Å². The van der Waals surface area contributed by atoms with Gasteiger partial charge in [-0.3, -0.25) is 0 Å². The summed E-state index contributed by atoms with van der Waals surface area (Å²) >= 11 is 0. The van der Waals surface area contributed by atoms with Crippen LogP contribution in [0.2, 0.25) is 0 Å². The Hall–Kier alpha value is -0.120. The lowest BCUT2D eigenvalue weighted by Crippen LogP contribution is -2.62. The maximum atomic E-state index is 5.85. The van der Waals surface area contributed by atoms with Crippen LogP contribution < -0.4 is 5.32 Å². The molecule has 1 rings (SSSR count). The molecule has 1 aliphatic rings. The predicted molar refractivity (Wildman–Crippen MR) is 82.6 cm³/mol. The average Bonchev–Trinajstić information content (AvgIpc) is 2.43. The normalized spacial score (nSPS) is 32.4. The van der Waals surface area contributed by atoms with E-state index in [1.807, 2.05) is 0 Å². The van der Waals surface area contributed by atoms with E-state index in [0.717, 1.165) is 19.7 Å². The largest absolute Gasteiger partial charge is 0.378 e. The van der Waals surface area contributed by atoms with E-state index in [9.17, 15) is 0 Å². The second-order valence-electron chi connectivity index (χ2n) is 6.28. The van der Waals surface area contributed by atoms with Crippen molar-refractivity contribution < 1.29 is 4.74 Å². The van der Waals surface area contributed by atoms with Crippen LogP contribution >= 0.6 is 0 Å². The first-order valence-corrected chi connectivity index (χ1v) is 8.04. The molecule has 0 aromatic carbocycles. The van der Waals surface area contributed by atoms with Gasteiger partial charge in [0.15, 0.2) is 0 Å². The topological polar surface area (TPSA) is 24.5 Å². The Bertz CT molecular complexity index is 259. The number of nitrogens with zero attached hydrogens (tertiary/aromatic N) is 1. The SMILES string of the molecule is CCOC1CC(NCCN(C)C(C)CC)C1(C)CC. The summed E-state index contributed by atoms with van der Waals surface area (Å²) in [5.41, 5.74) is 0.324. The molecule has 0 aromatic heterocycles. The zero-order valence-corrected chi connectivity index (χ0v) is 13.8. The van der Waals surface area contributed by atoms with Crippen LogP contribution in [0.15, 0.2) is 0 Å². The molecule has 0 spiro atoms. The molecule has 0 bridgehead atoms. The van der Waals surface area contributed by atoms with E-state index in [2.05, 4.69) is 51.9 Å². The number of hydrogen-bond donors (Lipinski definition) is 1. The van der Waals surface area contributed by atoms with Crippen molar-refractivity contribution in [1.29, 1.82) is 0 Å².